The maximum absolute atomic E-state index is 12.4. The summed E-state index contributed by atoms with van der Waals surface area (Å²) < 4.78 is 15.8. The Morgan fingerprint density at radius 2 is 1.96 bits per heavy atom. The minimum atomic E-state index is -0.0762. The van der Waals surface area contributed by atoms with Crippen LogP contribution < -0.4 is 9.47 Å². The molecule has 4 rings (SSSR count). The molecule has 1 amide bonds. The maximum Gasteiger partial charge on any atom is 0.292 e. The van der Waals surface area contributed by atoms with Crippen LogP contribution in [0.15, 0.2) is 28.9 Å². The lowest BCUT2D eigenvalue weighted by Gasteiger charge is -2.34. The summed E-state index contributed by atoms with van der Waals surface area (Å²) >= 11 is 0. The number of nitrogens with zero attached hydrogens (tertiary/aromatic N) is 3. The molecule has 0 unspecified atom stereocenters. The first-order valence-corrected chi connectivity index (χ1v) is 8.02. The fourth-order valence-corrected chi connectivity index (χ4v) is 3.05. The standard InChI is InChI=1S/C17H19N3O4/c1-12-9-18-24-16(12)17(21)20-6-4-19(5-7-20)10-13-2-3-14-15(8-13)23-11-22-14/h2-3,8-9H,4-7,10-11H2,1H3. The predicted octanol–water partition coefficient (Wildman–Crippen LogP) is 1.67. The molecule has 2 aromatic rings. The molecule has 2 aliphatic rings. The van der Waals surface area contributed by atoms with E-state index in [4.69, 9.17) is 14.0 Å². The summed E-state index contributed by atoms with van der Waals surface area (Å²) in [6, 6.07) is 6.03. The van der Waals surface area contributed by atoms with Crippen molar-refractivity contribution in [3.8, 4) is 11.5 Å². The van der Waals surface area contributed by atoms with E-state index in [1.54, 1.807) is 6.20 Å². The Bertz CT molecular complexity index is 750. The van der Waals surface area contributed by atoms with E-state index in [2.05, 4.69) is 16.1 Å². The molecule has 126 valence electrons. The number of aryl methyl sites for hydroxylation is 1. The number of hydrogen-bond acceptors (Lipinski definition) is 6. The number of rotatable bonds is 3. The lowest BCUT2D eigenvalue weighted by molar-refractivity contribution is 0.0587. The molecule has 1 aromatic heterocycles. The third kappa shape index (κ3) is 2.82. The van der Waals surface area contributed by atoms with Crippen molar-refractivity contribution in [1.29, 1.82) is 0 Å². The van der Waals surface area contributed by atoms with Crippen LogP contribution in [0.25, 0.3) is 0 Å². The number of piperazine rings is 1. The normalized spacial score (nSPS) is 17.3. The Hall–Kier alpha value is -2.54. The SMILES string of the molecule is Cc1cnoc1C(=O)N1CCN(Cc2ccc3c(c2)OCO3)CC1. The first-order chi connectivity index (χ1) is 11.7. The third-order valence-electron chi connectivity index (χ3n) is 4.45. The Balaban J connectivity index is 1.35. The molecule has 0 N–H and O–H groups in total. The number of fused-ring (bicyclic) bond motifs is 1. The lowest BCUT2D eigenvalue weighted by atomic mass is 10.1. The van der Waals surface area contributed by atoms with Gasteiger partial charge in [0.25, 0.3) is 5.91 Å². The van der Waals surface area contributed by atoms with E-state index >= 15 is 0 Å². The number of amides is 1. The van der Waals surface area contributed by atoms with Crippen molar-refractivity contribution in [2.24, 2.45) is 0 Å². The number of carbonyl (C=O) groups excluding carboxylic acids is 1. The Morgan fingerprint density at radius 3 is 2.71 bits per heavy atom. The molecule has 1 aromatic carbocycles. The fourth-order valence-electron chi connectivity index (χ4n) is 3.05. The van der Waals surface area contributed by atoms with Gasteiger partial charge in [-0.25, -0.2) is 0 Å². The van der Waals surface area contributed by atoms with E-state index in [0.717, 1.165) is 36.7 Å². The maximum atomic E-state index is 12.4. The van der Waals surface area contributed by atoms with Crippen LogP contribution in [-0.2, 0) is 6.54 Å². The summed E-state index contributed by atoms with van der Waals surface area (Å²) in [4.78, 5) is 16.6. The van der Waals surface area contributed by atoms with E-state index in [9.17, 15) is 4.79 Å². The van der Waals surface area contributed by atoms with E-state index in [-0.39, 0.29) is 5.91 Å². The van der Waals surface area contributed by atoms with E-state index in [1.807, 2.05) is 24.0 Å². The Morgan fingerprint density at radius 1 is 1.17 bits per heavy atom. The molecule has 0 aliphatic carbocycles. The smallest absolute Gasteiger partial charge is 0.292 e. The van der Waals surface area contributed by atoms with Gasteiger partial charge in [0, 0.05) is 38.3 Å². The minimum Gasteiger partial charge on any atom is -0.454 e. The molecule has 2 aliphatic heterocycles. The monoisotopic (exact) mass is 329 g/mol. The van der Waals surface area contributed by atoms with Gasteiger partial charge in [-0.05, 0) is 24.6 Å². The van der Waals surface area contributed by atoms with Gasteiger partial charge in [-0.2, -0.15) is 0 Å². The highest BCUT2D eigenvalue weighted by molar-refractivity contribution is 5.92. The first-order valence-electron chi connectivity index (χ1n) is 8.02. The first kappa shape index (κ1) is 15.0. The molecule has 1 saturated heterocycles. The number of aromatic nitrogens is 1. The lowest BCUT2D eigenvalue weighted by Crippen LogP contribution is -2.48. The third-order valence-corrected chi connectivity index (χ3v) is 4.45. The molecule has 7 nitrogen and oxygen atoms in total. The summed E-state index contributed by atoms with van der Waals surface area (Å²) in [5.41, 5.74) is 1.97. The van der Waals surface area contributed by atoms with Crippen LogP contribution in [0.1, 0.15) is 21.7 Å². The van der Waals surface area contributed by atoms with Gasteiger partial charge in [-0.15, -0.1) is 0 Å². The van der Waals surface area contributed by atoms with Crippen LogP contribution in [0.4, 0.5) is 0 Å². The van der Waals surface area contributed by atoms with Gasteiger partial charge < -0.3 is 18.9 Å². The quantitative estimate of drug-likeness (QED) is 0.853. The number of benzene rings is 1. The molecule has 0 radical (unpaired) electrons. The summed E-state index contributed by atoms with van der Waals surface area (Å²) in [6.45, 7) is 5.98. The average Bonchev–Trinajstić information content (AvgIpc) is 3.23. The highest BCUT2D eigenvalue weighted by Crippen LogP contribution is 2.32. The van der Waals surface area contributed by atoms with Crippen LogP contribution in [-0.4, -0.2) is 53.8 Å². The van der Waals surface area contributed by atoms with Crippen molar-refractivity contribution < 1.29 is 18.8 Å². The molecule has 0 atom stereocenters. The molecular formula is C17H19N3O4. The van der Waals surface area contributed by atoms with Crippen molar-refractivity contribution in [2.45, 2.75) is 13.5 Å². The zero-order valence-corrected chi connectivity index (χ0v) is 13.5. The largest absolute Gasteiger partial charge is 0.454 e. The molecular weight excluding hydrogens is 310 g/mol. The molecule has 24 heavy (non-hydrogen) atoms. The predicted molar refractivity (Wildman–Crippen MR) is 85.0 cm³/mol. The van der Waals surface area contributed by atoms with Gasteiger partial charge in [0.05, 0.1) is 6.20 Å². The van der Waals surface area contributed by atoms with Crippen molar-refractivity contribution in [3.05, 3.63) is 41.3 Å². The van der Waals surface area contributed by atoms with Gasteiger partial charge >= 0.3 is 0 Å². The van der Waals surface area contributed by atoms with Gasteiger partial charge in [0.1, 0.15) is 0 Å². The molecule has 0 spiro atoms. The zero-order chi connectivity index (χ0) is 16.5. The van der Waals surface area contributed by atoms with Gasteiger partial charge in [-0.1, -0.05) is 11.2 Å². The minimum absolute atomic E-state index is 0.0762. The molecule has 3 heterocycles. The highest BCUT2D eigenvalue weighted by atomic mass is 16.7. The van der Waals surface area contributed by atoms with Crippen molar-refractivity contribution in [1.82, 2.24) is 15.0 Å². The van der Waals surface area contributed by atoms with E-state index in [0.29, 0.717) is 25.6 Å². The van der Waals surface area contributed by atoms with Gasteiger partial charge in [0.2, 0.25) is 12.6 Å². The van der Waals surface area contributed by atoms with Crippen molar-refractivity contribution in [2.75, 3.05) is 33.0 Å². The van der Waals surface area contributed by atoms with Gasteiger partial charge in [0.15, 0.2) is 11.5 Å². The second-order valence-corrected chi connectivity index (χ2v) is 6.09. The van der Waals surface area contributed by atoms with Crippen LogP contribution in [0, 0.1) is 6.92 Å². The Labute approximate surface area is 139 Å². The van der Waals surface area contributed by atoms with Crippen LogP contribution in [0.3, 0.4) is 0 Å². The summed E-state index contributed by atoms with van der Waals surface area (Å²) in [5, 5.41) is 3.68. The number of ether oxygens (including phenoxy) is 2. The Kier molecular flexibility index (Phi) is 3.86. The summed E-state index contributed by atoms with van der Waals surface area (Å²) in [6.07, 6.45) is 1.57. The van der Waals surface area contributed by atoms with Crippen LogP contribution in [0.5, 0.6) is 11.5 Å². The molecule has 1 fully saturated rings. The van der Waals surface area contributed by atoms with E-state index in [1.165, 1.54) is 5.56 Å². The topological polar surface area (TPSA) is 68.0 Å². The van der Waals surface area contributed by atoms with Crippen molar-refractivity contribution >= 4 is 5.91 Å². The highest BCUT2D eigenvalue weighted by Gasteiger charge is 2.26. The van der Waals surface area contributed by atoms with Crippen LogP contribution in [0.2, 0.25) is 0 Å². The fraction of sp³-hybridized carbons (Fsp3) is 0.412. The molecule has 7 heteroatoms. The van der Waals surface area contributed by atoms with Gasteiger partial charge in [-0.3, -0.25) is 9.69 Å². The molecule has 0 saturated carbocycles. The summed E-state index contributed by atoms with van der Waals surface area (Å²) in [5.74, 6) is 1.88. The van der Waals surface area contributed by atoms with Crippen molar-refractivity contribution in [3.63, 3.8) is 0 Å². The summed E-state index contributed by atoms with van der Waals surface area (Å²) in [7, 11) is 0. The van der Waals surface area contributed by atoms with Crippen LogP contribution >= 0.6 is 0 Å². The second-order valence-electron chi connectivity index (χ2n) is 6.09. The average molecular weight is 329 g/mol. The number of hydrogen-bond donors (Lipinski definition) is 0. The zero-order valence-electron chi connectivity index (χ0n) is 13.5. The second kappa shape index (κ2) is 6.16. The number of carbonyl (C=O) groups is 1. The molecule has 0 bridgehead atoms. The van der Waals surface area contributed by atoms with E-state index < -0.39 is 0 Å².